The fraction of sp³-hybridized carbons (Fsp3) is 0.793. The summed E-state index contributed by atoms with van der Waals surface area (Å²) in [7, 11) is 0. The minimum atomic E-state index is -0.528. The summed E-state index contributed by atoms with van der Waals surface area (Å²) in [5.41, 5.74) is 3.59. The van der Waals surface area contributed by atoms with Crippen LogP contribution in [0.15, 0.2) is 35.5 Å². The average molecular weight is 429 g/mol. The molecule has 31 heavy (non-hydrogen) atoms. The zero-order valence-corrected chi connectivity index (χ0v) is 20.9. The van der Waals surface area contributed by atoms with E-state index in [1.807, 2.05) is 13.8 Å². The summed E-state index contributed by atoms with van der Waals surface area (Å²) in [5, 5.41) is 20.5. The summed E-state index contributed by atoms with van der Waals surface area (Å²) in [6.45, 7) is 15.0. The number of allylic oxidation sites excluding steroid dienone is 3. The molecule has 176 valence electrons. The van der Waals surface area contributed by atoms with Crippen molar-refractivity contribution in [3.63, 3.8) is 0 Å². The molecule has 0 spiro atoms. The Morgan fingerprint density at radius 3 is 2.52 bits per heavy atom. The van der Waals surface area contributed by atoms with E-state index in [-0.39, 0.29) is 6.10 Å². The second kappa shape index (κ2) is 10.4. The van der Waals surface area contributed by atoms with E-state index in [4.69, 9.17) is 0 Å². The Morgan fingerprint density at radius 1 is 1.10 bits per heavy atom. The van der Waals surface area contributed by atoms with Gasteiger partial charge in [-0.2, -0.15) is 0 Å². The van der Waals surface area contributed by atoms with E-state index in [0.29, 0.717) is 11.8 Å². The van der Waals surface area contributed by atoms with Crippen LogP contribution in [0.4, 0.5) is 0 Å². The molecule has 0 radical (unpaired) electrons. The molecule has 3 rings (SSSR count). The first-order valence-electron chi connectivity index (χ1n) is 13.0. The Balaban J connectivity index is 1.63. The molecule has 0 aromatic heterocycles. The molecule has 0 unspecified atom stereocenters. The molecule has 2 heteroatoms. The molecule has 0 aromatic carbocycles. The summed E-state index contributed by atoms with van der Waals surface area (Å²) in [4.78, 5) is 0. The standard InChI is InChI=1S/C29H48O2/c1-19(2)27-17-22(18-28(30)21(27)4)12-13-23-10-7-11-26-24(14-15-25(23)26)20(3)9-8-16-29(5,6)31/h12-13,19-20,24-28,30-31H,4,7-11,14-18H2,1-3,5-6H3/b22-12-,23-13+/t20-,24+,25-,26+,27-,28+/m0/s1. The maximum atomic E-state index is 10.5. The van der Waals surface area contributed by atoms with Crippen LogP contribution in [0.1, 0.15) is 98.8 Å². The summed E-state index contributed by atoms with van der Waals surface area (Å²) >= 11 is 0. The third kappa shape index (κ3) is 6.35. The second-order valence-electron chi connectivity index (χ2n) is 12.0. The largest absolute Gasteiger partial charge is 0.390 e. The first-order valence-corrected chi connectivity index (χ1v) is 13.0. The highest BCUT2D eigenvalue weighted by Crippen LogP contribution is 2.51. The molecular weight excluding hydrogens is 380 g/mol. The van der Waals surface area contributed by atoms with Crippen LogP contribution < -0.4 is 0 Å². The number of hydrogen-bond acceptors (Lipinski definition) is 2. The fourth-order valence-electron chi connectivity index (χ4n) is 6.83. The summed E-state index contributed by atoms with van der Waals surface area (Å²) < 4.78 is 0. The van der Waals surface area contributed by atoms with E-state index < -0.39 is 5.60 Å². The van der Waals surface area contributed by atoms with Crippen LogP contribution in [0.3, 0.4) is 0 Å². The first-order chi connectivity index (χ1) is 14.6. The van der Waals surface area contributed by atoms with Gasteiger partial charge >= 0.3 is 0 Å². The molecule has 0 bridgehead atoms. The lowest BCUT2D eigenvalue weighted by molar-refractivity contribution is 0.0652. The number of aliphatic hydroxyl groups excluding tert-OH is 1. The van der Waals surface area contributed by atoms with Crippen molar-refractivity contribution < 1.29 is 10.2 Å². The van der Waals surface area contributed by atoms with Gasteiger partial charge in [-0.1, -0.05) is 63.5 Å². The Kier molecular flexibility index (Phi) is 8.30. The van der Waals surface area contributed by atoms with E-state index in [1.54, 1.807) is 5.57 Å². The van der Waals surface area contributed by atoms with Gasteiger partial charge in [0.15, 0.2) is 0 Å². The number of rotatable bonds is 7. The molecule has 2 N–H and O–H groups in total. The quantitative estimate of drug-likeness (QED) is 0.420. The van der Waals surface area contributed by atoms with Crippen molar-refractivity contribution in [2.75, 3.05) is 0 Å². The van der Waals surface area contributed by atoms with Crippen molar-refractivity contribution in [1.82, 2.24) is 0 Å². The summed E-state index contributed by atoms with van der Waals surface area (Å²) in [6, 6.07) is 0. The Morgan fingerprint density at radius 2 is 1.84 bits per heavy atom. The van der Waals surface area contributed by atoms with Crippen molar-refractivity contribution >= 4 is 0 Å². The smallest absolute Gasteiger partial charge is 0.0787 e. The molecular formula is C29H48O2. The normalized spacial score (nSPS) is 35.7. The van der Waals surface area contributed by atoms with E-state index in [9.17, 15) is 10.2 Å². The van der Waals surface area contributed by atoms with Gasteiger partial charge in [0.25, 0.3) is 0 Å². The van der Waals surface area contributed by atoms with Crippen LogP contribution in [0.25, 0.3) is 0 Å². The molecule has 0 heterocycles. The van der Waals surface area contributed by atoms with Gasteiger partial charge in [-0.05, 0) is 106 Å². The molecule has 2 nitrogen and oxygen atoms in total. The Hall–Kier alpha value is -0.860. The van der Waals surface area contributed by atoms with Crippen molar-refractivity contribution in [2.45, 2.75) is 111 Å². The van der Waals surface area contributed by atoms with Gasteiger partial charge < -0.3 is 10.2 Å². The maximum absolute atomic E-state index is 10.5. The van der Waals surface area contributed by atoms with E-state index in [1.165, 1.54) is 44.1 Å². The Labute approximate surface area is 191 Å². The maximum Gasteiger partial charge on any atom is 0.0787 e. The van der Waals surface area contributed by atoms with Crippen molar-refractivity contribution in [1.29, 1.82) is 0 Å². The van der Waals surface area contributed by atoms with Gasteiger partial charge in [0.2, 0.25) is 0 Å². The lowest BCUT2D eigenvalue weighted by Crippen LogP contribution is -2.27. The molecule has 0 saturated heterocycles. The van der Waals surface area contributed by atoms with Crippen LogP contribution in [0, 0.1) is 35.5 Å². The SMILES string of the molecule is C=C1[C@H](O)C/C(=C\C=C2/CCC[C@@H]3[C@@H]([C@@H](C)CCCC(C)(C)O)CC[C@@H]23)C[C@H]1C(C)C. The van der Waals surface area contributed by atoms with E-state index >= 15 is 0 Å². The minimum absolute atomic E-state index is 0.370. The summed E-state index contributed by atoms with van der Waals surface area (Å²) in [5.74, 6) is 4.20. The first kappa shape index (κ1) is 24.8. The van der Waals surface area contributed by atoms with Gasteiger partial charge in [0.1, 0.15) is 0 Å². The highest BCUT2D eigenvalue weighted by molar-refractivity contribution is 5.28. The third-order valence-corrected chi connectivity index (χ3v) is 8.72. The predicted octanol–water partition coefficient (Wildman–Crippen LogP) is 7.23. The molecule has 3 saturated carbocycles. The van der Waals surface area contributed by atoms with Crippen molar-refractivity contribution in [2.24, 2.45) is 35.5 Å². The number of hydrogen-bond donors (Lipinski definition) is 2. The molecule has 0 amide bonds. The fourth-order valence-corrected chi connectivity index (χ4v) is 6.83. The monoisotopic (exact) mass is 428 g/mol. The van der Waals surface area contributed by atoms with Crippen molar-refractivity contribution in [3.05, 3.63) is 35.5 Å². The van der Waals surface area contributed by atoms with Crippen molar-refractivity contribution in [3.8, 4) is 0 Å². The van der Waals surface area contributed by atoms with Crippen LogP contribution in [-0.4, -0.2) is 21.9 Å². The Bertz CT molecular complexity index is 677. The number of aliphatic hydroxyl groups is 2. The average Bonchev–Trinajstić information content (AvgIpc) is 3.12. The van der Waals surface area contributed by atoms with E-state index in [0.717, 1.165) is 54.9 Å². The van der Waals surface area contributed by atoms with Gasteiger partial charge in [0, 0.05) is 0 Å². The second-order valence-corrected chi connectivity index (χ2v) is 12.0. The molecule has 0 aliphatic heterocycles. The molecule has 0 aromatic rings. The molecule has 3 fully saturated rings. The zero-order chi connectivity index (χ0) is 22.8. The van der Waals surface area contributed by atoms with Gasteiger partial charge in [-0.3, -0.25) is 0 Å². The third-order valence-electron chi connectivity index (χ3n) is 8.72. The van der Waals surface area contributed by atoms with Gasteiger partial charge in [-0.25, -0.2) is 0 Å². The lowest BCUT2D eigenvalue weighted by atomic mass is 9.71. The molecule has 3 aliphatic rings. The highest BCUT2D eigenvalue weighted by atomic mass is 16.3. The van der Waals surface area contributed by atoms with Crippen LogP contribution in [0.5, 0.6) is 0 Å². The van der Waals surface area contributed by atoms with Gasteiger partial charge in [-0.15, -0.1) is 0 Å². The minimum Gasteiger partial charge on any atom is -0.390 e. The highest BCUT2D eigenvalue weighted by Gasteiger charge is 2.41. The molecule has 3 aliphatic carbocycles. The van der Waals surface area contributed by atoms with Crippen LogP contribution in [-0.2, 0) is 0 Å². The van der Waals surface area contributed by atoms with E-state index in [2.05, 4.69) is 39.5 Å². The zero-order valence-electron chi connectivity index (χ0n) is 20.9. The number of fused-ring (bicyclic) bond motifs is 1. The predicted molar refractivity (Wildman–Crippen MR) is 132 cm³/mol. The van der Waals surface area contributed by atoms with Crippen LogP contribution in [0.2, 0.25) is 0 Å². The molecule has 6 atom stereocenters. The topological polar surface area (TPSA) is 40.5 Å². The summed E-state index contributed by atoms with van der Waals surface area (Å²) in [6.07, 6.45) is 16.3. The lowest BCUT2D eigenvalue weighted by Gasteiger charge is -2.35. The van der Waals surface area contributed by atoms with Crippen LogP contribution >= 0.6 is 0 Å². The van der Waals surface area contributed by atoms with Gasteiger partial charge in [0.05, 0.1) is 11.7 Å².